The van der Waals surface area contributed by atoms with E-state index in [0.717, 1.165) is 69.5 Å². The molecule has 1 aliphatic heterocycles. The minimum Gasteiger partial charge on any atom is -0.496 e. The Kier molecular flexibility index (Phi) is 14.9. The van der Waals surface area contributed by atoms with Crippen LogP contribution in [0.15, 0.2) is 97.1 Å². The molecule has 1 aliphatic rings. The van der Waals surface area contributed by atoms with Crippen LogP contribution in [0.25, 0.3) is 0 Å². The molecule has 0 saturated heterocycles. The van der Waals surface area contributed by atoms with Crippen LogP contribution < -0.4 is 15.4 Å². The van der Waals surface area contributed by atoms with Gasteiger partial charge in [-0.25, -0.2) is 4.39 Å². The van der Waals surface area contributed by atoms with Crippen molar-refractivity contribution in [1.29, 1.82) is 0 Å². The molecule has 1 unspecified atom stereocenters. The quantitative estimate of drug-likeness (QED) is 0.0900. The Morgan fingerprint density at radius 2 is 1.56 bits per heavy atom. The number of aryl methyl sites for hydroxylation is 2. The highest BCUT2D eigenvalue weighted by Crippen LogP contribution is 2.42. The summed E-state index contributed by atoms with van der Waals surface area (Å²) in [4.78, 5) is 15.6. The van der Waals surface area contributed by atoms with Gasteiger partial charge < -0.3 is 15.4 Å². The zero-order chi connectivity index (χ0) is 36.8. The summed E-state index contributed by atoms with van der Waals surface area (Å²) in [6, 6.07) is 34.0. The second kappa shape index (κ2) is 19.7. The number of hydrogen-bond donors (Lipinski definition) is 2. The highest BCUT2D eigenvalue weighted by molar-refractivity contribution is 5.76. The minimum atomic E-state index is -0.254. The number of carbonyl (C=O) groups is 1. The lowest BCUT2D eigenvalue weighted by atomic mass is 9.68. The van der Waals surface area contributed by atoms with Gasteiger partial charge in [0.25, 0.3) is 0 Å². The largest absolute Gasteiger partial charge is 0.496 e. The van der Waals surface area contributed by atoms with E-state index in [2.05, 4.69) is 109 Å². The van der Waals surface area contributed by atoms with Gasteiger partial charge in [-0.05, 0) is 123 Å². The van der Waals surface area contributed by atoms with E-state index < -0.39 is 0 Å². The summed E-state index contributed by atoms with van der Waals surface area (Å²) in [6.45, 7) is 10.4. The highest BCUT2D eigenvalue weighted by atomic mass is 19.1. The topological polar surface area (TPSA) is 53.6 Å². The number of halogens is 1. The number of nitrogens with one attached hydrogen (secondary N) is 2. The van der Waals surface area contributed by atoms with Crippen molar-refractivity contribution in [2.75, 3.05) is 33.3 Å². The van der Waals surface area contributed by atoms with Crippen molar-refractivity contribution in [3.63, 3.8) is 0 Å². The van der Waals surface area contributed by atoms with Gasteiger partial charge in [-0.1, -0.05) is 99.1 Å². The number of amides is 1. The predicted molar refractivity (Wildman–Crippen MR) is 213 cm³/mol. The van der Waals surface area contributed by atoms with Crippen LogP contribution in [0.2, 0.25) is 0 Å². The van der Waals surface area contributed by atoms with Gasteiger partial charge in [0, 0.05) is 37.0 Å². The number of methoxy groups -OCH3 is 1. The van der Waals surface area contributed by atoms with Crippen LogP contribution in [0, 0.1) is 12.7 Å². The van der Waals surface area contributed by atoms with Crippen LogP contribution in [-0.4, -0.2) is 50.1 Å². The molecular weight excluding hydrogens is 646 g/mol. The Labute approximate surface area is 312 Å². The third kappa shape index (κ3) is 10.8. The van der Waals surface area contributed by atoms with E-state index in [1.165, 1.54) is 52.8 Å². The molecule has 1 amide bonds. The summed E-state index contributed by atoms with van der Waals surface area (Å²) < 4.78 is 19.1. The summed E-state index contributed by atoms with van der Waals surface area (Å²) >= 11 is 0. The first-order valence-corrected chi connectivity index (χ1v) is 19.6. The smallest absolute Gasteiger partial charge is 0.220 e. The fraction of sp³-hybridized carbons (Fsp3) is 0.457. The van der Waals surface area contributed by atoms with Gasteiger partial charge in [-0.3, -0.25) is 9.69 Å². The van der Waals surface area contributed by atoms with Crippen molar-refractivity contribution < 1.29 is 13.9 Å². The molecule has 0 aromatic heterocycles. The third-order valence-electron chi connectivity index (χ3n) is 10.9. The maximum atomic E-state index is 13.3. The summed E-state index contributed by atoms with van der Waals surface area (Å²) in [7, 11) is 1.79. The minimum absolute atomic E-state index is 0.0394. The first kappa shape index (κ1) is 39.2. The Morgan fingerprint density at radius 3 is 2.21 bits per heavy atom. The number of fused-ring (bicyclic) bond motifs is 1. The van der Waals surface area contributed by atoms with E-state index in [4.69, 9.17) is 4.74 Å². The van der Waals surface area contributed by atoms with Crippen molar-refractivity contribution in [2.45, 2.75) is 102 Å². The molecule has 4 aromatic rings. The van der Waals surface area contributed by atoms with Crippen LogP contribution in [0.3, 0.4) is 0 Å². The first-order valence-electron chi connectivity index (χ1n) is 19.6. The molecule has 0 bridgehead atoms. The van der Waals surface area contributed by atoms with Crippen molar-refractivity contribution in [2.24, 2.45) is 0 Å². The molecule has 0 aliphatic carbocycles. The fourth-order valence-electron chi connectivity index (χ4n) is 8.17. The molecule has 2 N–H and O–H groups in total. The molecule has 0 fully saturated rings. The highest BCUT2D eigenvalue weighted by Gasteiger charge is 2.35. The Balaban J connectivity index is 1.29. The van der Waals surface area contributed by atoms with Gasteiger partial charge >= 0.3 is 0 Å². The number of nitrogens with zero attached hydrogens (tertiary/aromatic N) is 1. The summed E-state index contributed by atoms with van der Waals surface area (Å²) in [5, 5.41) is 6.77. The zero-order valence-corrected chi connectivity index (χ0v) is 31.9. The molecule has 5 nitrogen and oxygen atoms in total. The number of hydrogen-bond acceptors (Lipinski definition) is 4. The summed E-state index contributed by atoms with van der Waals surface area (Å²) in [6.07, 6.45) is 9.46. The first-order chi connectivity index (χ1) is 25.3. The molecule has 278 valence electrons. The Bertz CT molecular complexity index is 1620. The second-order valence-electron chi connectivity index (χ2n) is 14.9. The molecule has 52 heavy (non-hydrogen) atoms. The molecule has 0 saturated carbocycles. The molecule has 4 aromatic carbocycles. The molecule has 1 heterocycles. The number of ether oxygens (including phenoxy) is 1. The average Bonchev–Trinajstić information content (AvgIpc) is 3.16. The van der Waals surface area contributed by atoms with Crippen LogP contribution >= 0.6 is 0 Å². The van der Waals surface area contributed by atoms with Crippen molar-refractivity contribution in [1.82, 2.24) is 15.5 Å². The van der Waals surface area contributed by atoms with E-state index in [1.54, 1.807) is 19.2 Å². The normalized spacial score (nSPS) is 14.7. The standard InChI is InChI=1S/C46H60FN3O2/c1-35(2)48-29-12-11-19-43-42-34-44(52-4)36(3)33-38(42)26-32-50(43)31-14-28-46(39-15-7-5-8-16-39,40-17-9-6-10-18-40)27-13-30-49-45(51)25-22-37-20-23-41(47)24-21-37/h5-10,15-18,20-21,23-24,33-35,43,48H,11-14,19,22,25-32H2,1-4H3,(H,49,51). The number of unbranched alkanes of at least 4 members (excludes halogenated alkanes) is 1. The Hall–Kier alpha value is -4.00. The van der Waals surface area contributed by atoms with Crippen LogP contribution in [0.4, 0.5) is 4.39 Å². The number of carbonyl (C=O) groups excluding carboxylic acids is 1. The van der Waals surface area contributed by atoms with E-state index in [1.807, 2.05) is 0 Å². The van der Waals surface area contributed by atoms with E-state index in [0.29, 0.717) is 31.5 Å². The maximum absolute atomic E-state index is 13.3. The van der Waals surface area contributed by atoms with Crippen molar-refractivity contribution in [3.05, 3.63) is 136 Å². The zero-order valence-electron chi connectivity index (χ0n) is 31.9. The lowest BCUT2D eigenvalue weighted by Crippen LogP contribution is -2.38. The maximum Gasteiger partial charge on any atom is 0.220 e. The van der Waals surface area contributed by atoms with Gasteiger partial charge in [0.05, 0.1) is 7.11 Å². The summed E-state index contributed by atoms with van der Waals surface area (Å²) in [5.41, 5.74) is 7.60. The lowest BCUT2D eigenvalue weighted by Gasteiger charge is -2.40. The molecule has 5 rings (SSSR count). The lowest BCUT2D eigenvalue weighted by molar-refractivity contribution is -0.121. The fourth-order valence-corrected chi connectivity index (χ4v) is 8.17. The monoisotopic (exact) mass is 705 g/mol. The van der Waals surface area contributed by atoms with Crippen LogP contribution in [0.1, 0.15) is 105 Å². The summed E-state index contributed by atoms with van der Waals surface area (Å²) in [5.74, 6) is 0.773. The SMILES string of the molecule is COc1cc2c(cc1C)CCN(CCCC(CCCNC(=O)CCc1ccc(F)cc1)(c1ccccc1)c1ccccc1)C2CCCCNC(C)C. The molecule has 0 spiro atoms. The van der Waals surface area contributed by atoms with Gasteiger partial charge in [-0.2, -0.15) is 0 Å². The molecule has 0 radical (unpaired) electrons. The van der Waals surface area contributed by atoms with Gasteiger partial charge in [0.1, 0.15) is 11.6 Å². The second-order valence-corrected chi connectivity index (χ2v) is 14.9. The van der Waals surface area contributed by atoms with Gasteiger partial charge in [0.2, 0.25) is 5.91 Å². The molecule has 1 atom stereocenters. The third-order valence-corrected chi connectivity index (χ3v) is 10.9. The van der Waals surface area contributed by atoms with E-state index >= 15 is 0 Å². The predicted octanol–water partition coefficient (Wildman–Crippen LogP) is 9.51. The molecule has 6 heteroatoms. The average molecular weight is 706 g/mol. The number of rotatable bonds is 20. The van der Waals surface area contributed by atoms with Crippen molar-refractivity contribution in [3.8, 4) is 5.75 Å². The van der Waals surface area contributed by atoms with Crippen molar-refractivity contribution >= 4 is 5.91 Å². The van der Waals surface area contributed by atoms with E-state index in [-0.39, 0.29) is 17.1 Å². The van der Waals surface area contributed by atoms with E-state index in [9.17, 15) is 9.18 Å². The van der Waals surface area contributed by atoms with Gasteiger partial charge in [-0.15, -0.1) is 0 Å². The van der Waals surface area contributed by atoms with Crippen LogP contribution in [-0.2, 0) is 23.1 Å². The molecular formula is C46H60FN3O2. The van der Waals surface area contributed by atoms with Gasteiger partial charge in [0.15, 0.2) is 0 Å². The number of benzene rings is 4. The Morgan fingerprint density at radius 1 is 0.885 bits per heavy atom. The van der Waals surface area contributed by atoms with Crippen LogP contribution in [0.5, 0.6) is 5.75 Å².